The minimum Gasteiger partial charge on any atom is -1.00 e. The van der Waals surface area contributed by atoms with Gasteiger partial charge in [-0.15, -0.1) is 0 Å². The summed E-state index contributed by atoms with van der Waals surface area (Å²) in [5.74, 6) is 0.0104. The monoisotopic (exact) mass is 405 g/mol. The summed E-state index contributed by atoms with van der Waals surface area (Å²) in [6.45, 7) is 13.4. The molecule has 164 valence electrons. The molecule has 0 rings (SSSR count). The van der Waals surface area contributed by atoms with E-state index in [2.05, 4.69) is 27.7 Å². The Labute approximate surface area is 176 Å². The van der Waals surface area contributed by atoms with E-state index in [1.807, 2.05) is 0 Å². The van der Waals surface area contributed by atoms with Crippen LogP contribution in [0.2, 0.25) is 0 Å². The van der Waals surface area contributed by atoms with E-state index < -0.39 is 0 Å². The molecular formula is C23H48ClNO2. The van der Waals surface area contributed by atoms with Gasteiger partial charge in [-0.2, -0.15) is 0 Å². The molecule has 3 nitrogen and oxygen atoms in total. The molecule has 0 fully saturated rings. The maximum absolute atomic E-state index is 12.3. The molecule has 4 heteroatoms. The molecule has 0 aliphatic carbocycles. The summed E-state index contributed by atoms with van der Waals surface area (Å²) in [5, 5.41) is 0. The van der Waals surface area contributed by atoms with Crippen molar-refractivity contribution in [2.45, 2.75) is 111 Å². The van der Waals surface area contributed by atoms with Gasteiger partial charge < -0.3 is 21.6 Å². The molecule has 0 radical (unpaired) electrons. The molecule has 0 atom stereocenters. The van der Waals surface area contributed by atoms with Crippen LogP contribution in [-0.2, 0) is 9.53 Å². The van der Waals surface area contributed by atoms with E-state index in [4.69, 9.17) is 4.74 Å². The van der Waals surface area contributed by atoms with Gasteiger partial charge in [0.15, 0.2) is 6.54 Å². The Morgan fingerprint density at radius 1 is 0.630 bits per heavy atom. The fourth-order valence-corrected chi connectivity index (χ4v) is 4.09. The van der Waals surface area contributed by atoms with Crippen molar-refractivity contribution in [2.75, 3.05) is 32.8 Å². The van der Waals surface area contributed by atoms with Gasteiger partial charge >= 0.3 is 5.97 Å². The van der Waals surface area contributed by atoms with Crippen molar-refractivity contribution in [1.29, 1.82) is 0 Å². The Kier molecular flexibility index (Phi) is 21.9. The highest BCUT2D eigenvalue weighted by Crippen LogP contribution is 2.13. The molecule has 27 heavy (non-hydrogen) atoms. The highest BCUT2D eigenvalue weighted by Gasteiger charge is 2.28. The number of hydrogen-bond acceptors (Lipinski definition) is 2. The van der Waals surface area contributed by atoms with Crippen molar-refractivity contribution in [3.8, 4) is 0 Å². The third-order valence-corrected chi connectivity index (χ3v) is 5.32. The predicted molar refractivity (Wildman–Crippen MR) is 113 cm³/mol. The van der Waals surface area contributed by atoms with E-state index in [0.717, 1.165) is 49.8 Å². The van der Waals surface area contributed by atoms with E-state index in [9.17, 15) is 4.79 Å². The fraction of sp³-hybridized carbons (Fsp3) is 0.957. The summed E-state index contributed by atoms with van der Waals surface area (Å²) in [6, 6.07) is 0. The number of carbonyl (C=O) groups excluding carboxylic acids is 1. The first-order chi connectivity index (χ1) is 12.6. The maximum Gasteiger partial charge on any atom is 0.361 e. The normalized spacial score (nSPS) is 11.3. The van der Waals surface area contributed by atoms with Crippen LogP contribution in [0.4, 0.5) is 0 Å². The van der Waals surface area contributed by atoms with Gasteiger partial charge in [0.05, 0.1) is 26.2 Å². The third kappa shape index (κ3) is 16.4. The van der Waals surface area contributed by atoms with E-state index in [1.54, 1.807) is 0 Å². The molecule has 0 aromatic rings. The second kappa shape index (κ2) is 20.5. The number of quaternary nitrogens is 1. The maximum atomic E-state index is 12.3. The molecule has 0 N–H and O–H groups in total. The zero-order valence-electron chi connectivity index (χ0n) is 18.9. The summed E-state index contributed by atoms with van der Waals surface area (Å²) in [6.07, 6.45) is 16.5. The number of esters is 1. The van der Waals surface area contributed by atoms with Gasteiger partial charge in [-0.05, 0) is 25.7 Å². The van der Waals surface area contributed by atoms with Crippen molar-refractivity contribution in [3.05, 3.63) is 0 Å². The van der Waals surface area contributed by atoms with Crippen molar-refractivity contribution >= 4 is 5.97 Å². The van der Waals surface area contributed by atoms with E-state index in [1.165, 1.54) is 57.8 Å². The average Bonchev–Trinajstić information content (AvgIpc) is 2.60. The second-order valence-electron chi connectivity index (χ2n) is 8.07. The molecule has 0 amide bonds. The number of rotatable bonds is 19. The summed E-state index contributed by atoms with van der Waals surface area (Å²) in [4.78, 5) is 12.3. The molecular weight excluding hydrogens is 358 g/mol. The molecule has 0 bridgehead atoms. The van der Waals surface area contributed by atoms with E-state index in [-0.39, 0.29) is 18.4 Å². The Hall–Kier alpha value is -0.280. The molecule has 0 aromatic heterocycles. The van der Waals surface area contributed by atoms with E-state index >= 15 is 0 Å². The number of halogens is 1. The van der Waals surface area contributed by atoms with Crippen LogP contribution in [0.25, 0.3) is 0 Å². The van der Waals surface area contributed by atoms with Gasteiger partial charge in [0.2, 0.25) is 0 Å². The zero-order valence-corrected chi connectivity index (χ0v) is 19.6. The highest BCUT2D eigenvalue weighted by atomic mass is 35.5. The summed E-state index contributed by atoms with van der Waals surface area (Å²) < 4.78 is 6.47. The van der Waals surface area contributed by atoms with Crippen molar-refractivity contribution in [1.82, 2.24) is 0 Å². The highest BCUT2D eigenvalue weighted by molar-refractivity contribution is 5.70. The molecule has 0 aromatic carbocycles. The number of ether oxygens (including phenoxy) is 1. The Bertz CT molecular complexity index is 306. The lowest BCUT2D eigenvalue weighted by molar-refractivity contribution is -0.921. The van der Waals surface area contributed by atoms with Crippen LogP contribution >= 0.6 is 0 Å². The number of hydrogen-bond donors (Lipinski definition) is 0. The molecule has 0 aliphatic rings. The summed E-state index contributed by atoms with van der Waals surface area (Å²) in [7, 11) is 0. The lowest BCUT2D eigenvalue weighted by Crippen LogP contribution is -3.00. The predicted octanol–water partition coefficient (Wildman–Crippen LogP) is 3.50. The Morgan fingerprint density at radius 2 is 1.04 bits per heavy atom. The van der Waals surface area contributed by atoms with Gasteiger partial charge in [0.25, 0.3) is 0 Å². The lowest BCUT2D eigenvalue weighted by atomic mass is 10.1. The number of carbonyl (C=O) groups is 1. The van der Waals surface area contributed by atoms with Crippen molar-refractivity contribution in [2.24, 2.45) is 0 Å². The molecule has 0 aliphatic heterocycles. The van der Waals surface area contributed by atoms with Crippen LogP contribution in [-0.4, -0.2) is 43.2 Å². The quantitative estimate of drug-likeness (QED) is 0.187. The standard InChI is InChI=1S/C23H48NO2.ClH/c1-5-9-10-11-12-13-14-15-16-17-21-26-23(25)22-24(18-6-2,19-7-3)20-8-4;/h5-22H2,1-4H3;1H/q+1;/p-1. The molecule has 0 saturated heterocycles. The molecule has 0 saturated carbocycles. The van der Waals surface area contributed by atoms with Crippen LogP contribution in [0.3, 0.4) is 0 Å². The van der Waals surface area contributed by atoms with Crippen molar-refractivity contribution < 1.29 is 26.4 Å². The first-order valence-corrected chi connectivity index (χ1v) is 11.6. The van der Waals surface area contributed by atoms with Crippen LogP contribution in [0.5, 0.6) is 0 Å². The summed E-state index contributed by atoms with van der Waals surface area (Å²) in [5.41, 5.74) is 0. The number of nitrogens with zero attached hydrogens (tertiary/aromatic N) is 1. The average molecular weight is 406 g/mol. The molecule has 0 spiro atoms. The fourth-order valence-electron chi connectivity index (χ4n) is 4.09. The zero-order chi connectivity index (χ0) is 19.5. The van der Waals surface area contributed by atoms with Gasteiger partial charge in [0, 0.05) is 0 Å². The van der Waals surface area contributed by atoms with Crippen LogP contribution < -0.4 is 12.4 Å². The van der Waals surface area contributed by atoms with Crippen LogP contribution in [0, 0.1) is 0 Å². The second-order valence-corrected chi connectivity index (χ2v) is 8.07. The minimum atomic E-state index is 0. The lowest BCUT2D eigenvalue weighted by Gasteiger charge is -2.37. The smallest absolute Gasteiger partial charge is 0.361 e. The molecule has 0 heterocycles. The van der Waals surface area contributed by atoms with Crippen molar-refractivity contribution in [3.63, 3.8) is 0 Å². The molecule has 0 unspecified atom stereocenters. The first kappa shape index (κ1) is 28.9. The third-order valence-electron chi connectivity index (χ3n) is 5.32. The largest absolute Gasteiger partial charge is 1.00 e. The van der Waals surface area contributed by atoms with Gasteiger partial charge in [-0.25, -0.2) is 4.79 Å². The van der Waals surface area contributed by atoms with Gasteiger partial charge in [-0.3, -0.25) is 0 Å². The number of unbranched alkanes of at least 4 members (excludes halogenated alkanes) is 9. The Morgan fingerprint density at radius 3 is 1.44 bits per heavy atom. The topological polar surface area (TPSA) is 26.3 Å². The SMILES string of the molecule is CCCCCCCCCCCCOC(=O)C[N+](CCC)(CCC)CCC.[Cl-]. The van der Waals surface area contributed by atoms with Crippen LogP contribution in [0.1, 0.15) is 111 Å². The van der Waals surface area contributed by atoms with E-state index in [0.29, 0.717) is 13.2 Å². The van der Waals surface area contributed by atoms with Gasteiger partial charge in [-0.1, -0.05) is 85.5 Å². The summed E-state index contributed by atoms with van der Waals surface area (Å²) >= 11 is 0. The minimum absolute atomic E-state index is 0. The van der Waals surface area contributed by atoms with Crippen LogP contribution in [0.15, 0.2) is 0 Å². The Balaban J connectivity index is 0. The first-order valence-electron chi connectivity index (χ1n) is 11.6. The van der Waals surface area contributed by atoms with Gasteiger partial charge in [0.1, 0.15) is 0 Å².